The standard InChI is InChI=1S/C23H28N2O2/c1-4-16-10-12-20(13-11-16)25-15-19(14-21(25)26)23(27)24-22-17(5-2)8-7-9-18(22)6-3/h7-13,19H,4-6,14-15H2,1-3H3,(H,24,27)/t19-/m1/s1. The van der Waals surface area contributed by atoms with Crippen molar-refractivity contribution in [2.24, 2.45) is 5.92 Å². The minimum Gasteiger partial charge on any atom is -0.325 e. The van der Waals surface area contributed by atoms with Gasteiger partial charge in [-0.05, 0) is 48.1 Å². The normalized spacial score (nSPS) is 16.6. The number of rotatable bonds is 6. The molecule has 1 heterocycles. The molecule has 0 saturated carbocycles. The van der Waals surface area contributed by atoms with E-state index in [1.165, 1.54) is 5.56 Å². The van der Waals surface area contributed by atoms with Crippen molar-refractivity contribution in [3.05, 3.63) is 59.2 Å². The van der Waals surface area contributed by atoms with Gasteiger partial charge in [-0.25, -0.2) is 0 Å². The lowest BCUT2D eigenvalue weighted by atomic mass is 10.0. The molecule has 2 aromatic rings. The predicted octanol–water partition coefficient (Wildman–Crippen LogP) is 4.37. The van der Waals surface area contributed by atoms with Crippen molar-refractivity contribution in [2.75, 3.05) is 16.8 Å². The highest BCUT2D eigenvalue weighted by atomic mass is 16.2. The summed E-state index contributed by atoms with van der Waals surface area (Å²) in [5.41, 5.74) is 5.31. The van der Waals surface area contributed by atoms with Crippen LogP contribution in [0.2, 0.25) is 0 Å². The molecule has 4 heteroatoms. The van der Waals surface area contributed by atoms with Crippen LogP contribution in [0, 0.1) is 5.92 Å². The molecule has 1 atom stereocenters. The molecule has 1 aliphatic rings. The minimum absolute atomic E-state index is 0.0129. The van der Waals surface area contributed by atoms with Gasteiger partial charge in [0, 0.05) is 24.3 Å². The molecule has 2 aromatic carbocycles. The number of carbonyl (C=O) groups excluding carboxylic acids is 2. The summed E-state index contributed by atoms with van der Waals surface area (Å²) in [4.78, 5) is 27.1. The van der Waals surface area contributed by atoms with Crippen LogP contribution in [0.1, 0.15) is 43.9 Å². The van der Waals surface area contributed by atoms with E-state index in [4.69, 9.17) is 0 Å². The number of amides is 2. The van der Waals surface area contributed by atoms with Crippen molar-refractivity contribution in [3.63, 3.8) is 0 Å². The van der Waals surface area contributed by atoms with E-state index in [1.807, 2.05) is 30.3 Å². The Morgan fingerprint density at radius 3 is 2.19 bits per heavy atom. The van der Waals surface area contributed by atoms with E-state index in [0.717, 1.165) is 41.8 Å². The Morgan fingerprint density at radius 2 is 1.63 bits per heavy atom. The first kappa shape index (κ1) is 19.2. The third-order valence-corrected chi connectivity index (χ3v) is 5.40. The van der Waals surface area contributed by atoms with Crippen LogP contribution in [0.5, 0.6) is 0 Å². The SMILES string of the molecule is CCc1ccc(N2C[C@H](C(=O)Nc3c(CC)cccc3CC)CC2=O)cc1. The van der Waals surface area contributed by atoms with E-state index < -0.39 is 0 Å². The van der Waals surface area contributed by atoms with Crippen LogP contribution in [0.25, 0.3) is 0 Å². The van der Waals surface area contributed by atoms with Crippen molar-refractivity contribution < 1.29 is 9.59 Å². The zero-order valence-electron chi connectivity index (χ0n) is 16.4. The second kappa shape index (κ2) is 8.38. The van der Waals surface area contributed by atoms with Gasteiger partial charge in [0.2, 0.25) is 11.8 Å². The first-order chi connectivity index (χ1) is 13.1. The Balaban J connectivity index is 1.74. The lowest BCUT2D eigenvalue weighted by molar-refractivity contribution is -0.122. The summed E-state index contributed by atoms with van der Waals surface area (Å²) in [7, 11) is 0. The number of benzene rings is 2. The van der Waals surface area contributed by atoms with E-state index in [1.54, 1.807) is 4.90 Å². The van der Waals surface area contributed by atoms with Gasteiger partial charge in [0.15, 0.2) is 0 Å². The monoisotopic (exact) mass is 364 g/mol. The third kappa shape index (κ3) is 4.05. The maximum absolute atomic E-state index is 12.9. The maximum atomic E-state index is 12.9. The molecule has 142 valence electrons. The third-order valence-electron chi connectivity index (χ3n) is 5.40. The van der Waals surface area contributed by atoms with Crippen molar-refractivity contribution in [2.45, 2.75) is 46.5 Å². The number of hydrogen-bond donors (Lipinski definition) is 1. The second-order valence-electron chi connectivity index (χ2n) is 7.07. The Morgan fingerprint density at radius 1 is 1.00 bits per heavy atom. The summed E-state index contributed by atoms with van der Waals surface area (Å²) in [6.45, 7) is 6.72. The molecule has 0 unspecified atom stereocenters. The van der Waals surface area contributed by atoms with E-state index >= 15 is 0 Å². The van der Waals surface area contributed by atoms with Crippen molar-refractivity contribution >= 4 is 23.2 Å². The minimum atomic E-state index is -0.321. The fraction of sp³-hybridized carbons (Fsp3) is 0.391. The fourth-order valence-electron chi connectivity index (χ4n) is 3.67. The van der Waals surface area contributed by atoms with Gasteiger partial charge in [-0.2, -0.15) is 0 Å². The maximum Gasteiger partial charge on any atom is 0.229 e. The predicted molar refractivity (Wildman–Crippen MR) is 110 cm³/mol. The number of aryl methyl sites for hydroxylation is 3. The van der Waals surface area contributed by atoms with Crippen LogP contribution >= 0.6 is 0 Å². The smallest absolute Gasteiger partial charge is 0.229 e. The largest absolute Gasteiger partial charge is 0.325 e. The number of nitrogens with one attached hydrogen (secondary N) is 1. The van der Waals surface area contributed by atoms with Crippen molar-refractivity contribution in [1.29, 1.82) is 0 Å². The molecule has 3 rings (SSSR count). The lowest BCUT2D eigenvalue weighted by Gasteiger charge is -2.18. The zero-order chi connectivity index (χ0) is 19.4. The number of nitrogens with zero attached hydrogens (tertiary/aromatic N) is 1. The number of hydrogen-bond acceptors (Lipinski definition) is 2. The highest BCUT2D eigenvalue weighted by Gasteiger charge is 2.35. The molecule has 0 radical (unpaired) electrons. The lowest BCUT2D eigenvalue weighted by Crippen LogP contribution is -2.28. The first-order valence-corrected chi connectivity index (χ1v) is 9.88. The Kier molecular flexibility index (Phi) is 5.94. The molecule has 0 aromatic heterocycles. The fourth-order valence-corrected chi connectivity index (χ4v) is 3.67. The number of anilines is 2. The molecule has 0 bridgehead atoms. The molecular weight excluding hydrogens is 336 g/mol. The quantitative estimate of drug-likeness (QED) is 0.828. The molecule has 4 nitrogen and oxygen atoms in total. The number of carbonyl (C=O) groups is 2. The molecule has 0 aliphatic carbocycles. The van der Waals surface area contributed by atoms with Gasteiger partial charge in [-0.3, -0.25) is 9.59 Å². The zero-order valence-corrected chi connectivity index (χ0v) is 16.4. The molecular formula is C23H28N2O2. The molecule has 1 N–H and O–H groups in total. The highest BCUT2D eigenvalue weighted by molar-refractivity contribution is 6.04. The van der Waals surface area contributed by atoms with Crippen LogP contribution in [0.4, 0.5) is 11.4 Å². The highest BCUT2D eigenvalue weighted by Crippen LogP contribution is 2.28. The summed E-state index contributed by atoms with van der Waals surface area (Å²) in [5.74, 6) is -0.372. The second-order valence-corrected chi connectivity index (χ2v) is 7.07. The van der Waals surface area contributed by atoms with Gasteiger partial charge in [0.05, 0.1) is 5.92 Å². The molecule has 27 heavy (non-hydrogen) atoms. The van der Waals surface area contributed by atoms with Gasteiger partial charge < -0.3 is 10.2 Å². The van der Waals surface area contributed by atoms with E-state index in [9.17, 15) is 9.59 Å². The summed E-state index contributed by atoms with van der Waals surface area (Å²) < 4.78 is 0. The van der Waals surface area contributed by atoms with E-state index in [2.05, 4.69) is 38.2 Å². The number of para-hydroxylation sites is 1. The van der Waals surface area contributed by atoms with Gasteiger partial charge in [-0.15, -0.1) is 0 Å². The first-order valence-electron chi connectivity index (χ1n) is 9.88. The van der Waals surface area contributed by atoms with Crippen LogP contribution < -0.4 is 10.2 Å². The van der Waals surface area contributed by atoms with Gasteiger partial charge in [-0.1, -0.05) is 51.1 Å². The van der Waals surface area contributed by atoms with E-state index in [-0.39, 0.29) is 24.2 Å². The van der Waals surface area contributed by atoms with Gasteiger partial charge in [0.1, 0.15) is 0 Å². The van der Waals surface area contributed by atoms with Crippen molar-refractivity contribution in [1.82, 2.24) is 0 Å². The van der Waals surface area contributed by atoms with E-state index in [0.29, 0.717) is 6.54 Å². The average molecular weight is 364 g/mol. The van der Waals surface area contributed by atoms with Gasteiger partial charge >= 0.3 is 0 Å². The molecule has 1 aliphatic heterocycles. The summed E-state index contributed by atoms with van der Waals surface area (Å²) >= 11 is 0. The van der Waals surface area contributed by atoms with Crippen LogP contribution in [-0.4, -0.2) is 18.4 Å². The molecule has 1 fully saturated rings. The Bertz CT molecular complexity index is 805. The Labute approximate surface area is 161 Å². The molecule has 0 spiro atoms. The Hall–Kier alpha value is -2.62. The summed E-state index contributed by atoms with van der Waals surface area (Å²) in [5, 5.41) is 3.12. The molecule has 1 saturated heterocycles. The van der Waals surface area contributed by atoms with Crippen LogP contribution in [0.3, 0.4) is 0 Å². The van der Waals surface area contributed by atoms with Gasteiger partial charge in [0.25, 0.3) is 0 Å². The van der Waals surface area contributed by atoms with Crippen LogP contribution in [-0.2, 0) is 28.9 Å². The topological polar surface area (TPSA) is 49.4 Å². The summed E-state index contributed by atoms with van der Waals surface area (Å²) in [6.07, 6.45) is 2.96. The van der Waals surface area contributed by atoms with Crippen LogP contribution in [0.15, 0.2) is 42.5 Å². The average Bonchev–Trinajstić information content (AvgIpc) is 3.10. The summed E-state index contributed by atoms with van der Waals surface area (Å²) in [6, 6.07) is 14.2. The van der Waals surface area contributed by atoms with Crippen molar-refractivity contribution in [3.8, 4) is 0 Å². The molecule has 2 amide bonds.